The maximum absolute atomic E-state index is 12.0. The Labute approximate surface area is 105 Å². The molecule has 8 nitrogen and oxygen atoms in total. The average Bonchev–Trinajstić information content (AvgIpc) is 2.85. The Balaban J connectivity index is 2.09. The van der Waals surface area contributed by atoms with E-state index in [1.807, 2.05) is 0 Å². The number of aromatic amines is 1. The number of nitrogens with one attached hydrogen (secondary N) is 2. The van der Waals surface area contributed by atoms with E-state index in [2.05, 4.69) is 19.9 Å². The number of hydrogen-bond acceptors (Lipinski definition) is 6. The van der Waals surface area contributed by atoms with Gasteiger partial charge in [-0.25, -0.2) is 26.5 Å². The van der Waals surface area contributed by atoms with Gasteiger partial charge in [0.1, 0.15) is 12.2 Å². The van der Waals surface area contributed by atoms with Gasteiger partial charge in [-0.15, -0.1) is 0 Å². The van der Waals surface area contributed by atoms with Crippen LogP contribution in [0.5, 0.6) is 0 Å². The fourth-order valence-corrected chi connectivity index (χ4v) is 6.08. The second-order valence-electron chi connectivity index (χ2n) is 4.28. The first-order valence-corrected chi connectivity index (χ1v) is 8.74. The third-order valence-corrected chi connectivity index (χ3v) is 6.76. The van der Waals surface area contributed by atoms with Crippen LogP contribution in [-0.2, 0) is 19.9 Å². The van der Waals surface area contributed by atoms with E-state index in [0.717, 1.165) is 0 Å². The van der Waals surface area contributed by atoms with Gasteiger partial charge in [0.15, 0.2) is 9.84 Å². The molecule has 2 unspecified atom stereocenters. The highest BCUT2D eigenvalue weighted by molar-refractivity contribution is 7.95. The molecule has 0 aliphatic carbocycles. The largest absolute Gasteiger partial charge is 0.262 e. The van der Waals surface area contributed by atoms with Gasteiger partial charge in [0.05, 0.1) is 22.8 Å². The Morgan fingerprint density at radius 1 is 1.56 bits per heavy atom. The predicted octanol–water partition coefficient (Wildman–Crippen LogP) is -1.03. The van der Waals surface area contributed by atoms with Gasteiger partial charge in [-0.3, -0.25) is 5.10 Å². The lowest BCUT2D eigenvalue weighted by atomic mass is 10.3. The van der Waals surface area contributed by atoms with Crippen molar-refractivity contribution in [1.82, 2.24) is 19.9 Å². The summed E-state index contributed by atoms with van der Waals surface area (Å²) in [4.78, 5) is 3.84. The van der Waals surface area contributed by atoms with Crippen molar-refractivity contribution >= 4 is 19.9 Å². The van der Waals surface area contributed by atoms with Crippen LogP contribution in [0.2, 0.25) is 0 Å². The predicted molar refractivity (Wildman–Crippen MR) is 63.9 cm³/mol. The molecule has 2 N–H and O–H groups in total. The molecule has 0 amide bonds. The maximum Gasteiger partial charge on any atom is 0.216 e. The van der Waals surface area contributed by atoms with Gasteiger partial charge >= 0.3 is 0 Å². The van der Waals surface area contributed by atoms with Crippen LogP contribution in [0.15, 0.2) is 6.33 Å². The van der Waals surface area contributed by atoms with Crippen molar-refractivity contribution in [1.29, 1.82) is 0 Å². The third kappa shape index (κ3) is 2.87. The SMILES string of the molecule is CC(NS(=O)(=O)C1CCS(=O)(=O)C1)c1ncn[nH]1. The minimum absolute atomic E-state index is 0.0741. The summed E-state index contributed by atoms with van der Waals surface area (Å²) in [7, 11) is -6.90. The van der Waals surface area contributed by atoms with Gasteiger partial charge in [0.25, 0.3) is 0 Å². The van der Waals surface area contributed by atoms with Crippen LogP contribution in [0.1, 0.15) is 25.2 Å². The van der Waals surface area contributed by atoms with Gasteiger partial charge < -0.3 is 0 Å². The van der Waals surface area contributed by atoms with E-state index in [0.29, 0.717) is 5.82 Å². The van der Waals surface area contributed by atoms with E-state index in [1.54, 1.807) is 6.92 Å². The number of H-pyrrole nitrogens is 1. The first-order valence-electron chi connectivity index (χ1n) is 5.37. The summed E-state index contributed by atoms with van der Waals surface area (Å²) in [5, 5.41) is 5.31. The summed E-state index contributed by atoms with van der Waals surface area (Å²) in [5.41, 5.74) is 0. The first-order chi connectivity index (χ1) is 8.30. The van der Waals surface area contributed by atoms with Crippen LogP contribution in [0.4, 0.5) is 0 Å². The smallest absolute Gasteiger partial charge is 0.216 e. The van der Waals surface area contributed by atoms with Crippen LogP contribution in [0, 0.1) is 0 Å². The quantitative estimate of drug-likeness (QED) is 0.732. The Hall–Kier alpha value is -1.00. The van der Waals surface area contributed by atoms with Crippen LogP contribution >= 0.6 is 0 Å². The zero-order valence-corrected chi connectivity index (χ0v) is 11.3. The molecule has 1 fully saturated rings. The van der Waals surface area contributed by atoms with Crippen molar-refractivity contribution in [3.05, 3.63) is 12.2 Å². The number of hydrogen-bond donors (Lipinski definition) is 2. The number of sulfone groups is 1. The van der Waals surface area contributed by atoms with Gasteiger partial charge in [-0.2, -0.15) is 5.10 Å². The van der Waals surface area contributed by atoms with Crippen molar-refractivity contribution < 1.29 is 16.8 Å². The lowest BCUT2D eigenvalue weighted by molar-refractivity contribution is 0.548. The third-order valence-electron chi connectivity index (χ3n) is 2.81. The second-order valence-corrected chi connectivity index (χ2v) is 8.50. The highest BCUT2D eigenvalue weighted by Crippen LogP contribution is 2.20. The lowest BCUT2D eigenvalue weighted by Gasteiger charge is -2.15. The van der Waals surface area contributed by atoms with Crippen LogP contribution in [0.25, 0.3) is 0 Å². The van der Waals surface area contributed by atoms with Crippen molar-refractivity contribution in [3.8, 4) is 0 Å². The molecule has 2 heterocycles. The molecule has 0 saturated carbocycles. The van der Waals surface area contributed by atoms with E-state index < -0.39 is 31.2 Å². The molecule has 0 radical (unpaired) electrons. The molecule has 1 aliphatic rings. The molecule has 1 aromatic heterocycles. The Kier molecular flexibility index (Phi) is 3.43. The Morgan fingerprint density at radius 2 is 2.28 bits per heavy atom. The molecule has 1 aliphatic heterocycles. The Bertz CT molecular complexity index is 608. The minimum Gasteiger partial charge on any atom is -0.262 e. The van der Waals surface area contributed by atoms with Crippen LogP contribution in [-0.4, -0.2) is 48.8 Å². The van der Waals surface area contributed by atoms with Crippen LogP contribution in [0.3, 0.4) is 0 Å². The molecule has 2 atom stereocenters. The first kappa shape index (κ1) is 13.4. The molecule has 0 aromatic carbocycles. The molecule has 2 rings (SSSR count). The van der Waals surface area contributed by atoms with E-state index in [1.165, 1.54) is 6.33 Å². The fourth-order valence-electron chi connectivity index (χ4n) is 1.83. The second kappa shape index (κ2) is 4.59. The number of rotatable bonds is 4. The van der Waals surface area contributed by atoms with Gasteiger partial charge in [0, 0.05) is 0 Å². The molecule has 0 spiro atoms. The number of sulfonamides is 1. The minimum atomic E-state index is -3.67. The molecule has 1 saturated heterocycles. The van der Waals surface area contributed by atoms with E-state index in [9.17, 15) is 16.8 Å². The standard InChI is InChI=1S/C8H14N4O4S2/c1-6(8-9-5-10-11-8)12-18(15,16)7-2-3-17(13,14)4-7/h5-7,12H,2-4H2,1H3,(H,9,10,11). The molecule has 10 heteroatoms. The fraction of sp³-hybridized carbons (Fsp3) is 0.750. The van der Waals surface area contributed by atoms with Gasteiger partial charge in [-0.1, -0.05) is 0 Å². The topological polar surface area (TPSA) is 122 Å². The van der Waals surface area contributed by atoms with Crippen LogP contribution < -0.4 is 4.72 Å². The summed E-state index contributed by atoms with van der Waals surface area (Å²) in [5.74, 6) is 0.000189. The maximum atomic E-state index is 12.0. The zero-order chi connectivity index (χ0) is 13.4. The highest BCUT2D eigenvalue weighted by atomic mass is 32.2. The molecular weight excluding hydrogens is 280 g/mol. The zero-order valence-electron chi connectivity index (χ0n) is 9.70. The molecule has 102 valence electrons. The monoisotopic (exact) mass is 294 g/mol. The summed E-state index contributed by atoms with van der Waals surface area (Å²) in [6.45, 7) is 1.61. The Morgan fingerprint density at radius 3 is 2.78 bits per heavy atom. The van der Waals surface area contributed by atoms with Crippen molar-refractivity contribution in [2.75, 3.05) is 11.5 Å². The number of aromatic nitrogens is 3. The molecule has 1 aromatic rings. The lowest BCUT2D eigenvalue weighted by Crippen LogP contribution is -2.37. The van der Waals surface area contributed by atoms with Gasteiger partial charge in [0.2, 0.25) is 10.0 Å². The van der Waals surface area contributed by atoms with Crippen molar-refractivity contribution in [3.63, 3.8) is 0 Å². The normalized spacial score (nSPS) is 25.1. The highest BCUT2D eigenvalue weighted by Gasteiger charge is 2.37. The summed E-state index contributed by atoms with van der Waals surface area (Å²) < 4.78 is 49.0. The van der Waals surface area contributed by atoms with E-state index >= 15 is 0 Å². The summed E-state index contributed by atoms with van der Waals surface area (Å²) >= 11 is 0. The molecule has 0 bridgehead atoms. The summed E-state index contributed by atoms with van der Waals surface area (Å²) in [6.07, 6.45) is 1.42. The van der Waals surface area contributed by atoms with E-state index in [-0.39, 0.29) is 17.9 Å². The molecular formula is C8H14N4O4S2. The van der Waals surface area contributed by atoms with Crippen molar-refractivity contribution in [2.45, 2.75) is 24.6 Å². The van der Waals surface area contributed by atoms with Gasteiger partial charge in [-0.05, 0) is 13.3 Å². The van der Waals surface area contributed by atoms with E-state index in [4.69, 9.17) is 0 Å². The number of nitrogens with zero attached hydrogens (tertiary/aromatic N) is 2. The summed E-state index contributed by atoms with van der Waals surface area (Å²) in [6, 6.07) is -0.569. The van der Waals surface area contributed by atoms with Crippen molar-refractivity contribution in [2.24, 2.45) is 0 Å². The average molecular weight is 294 g/mol. The molecule has 18 heavy (non-hydrogen) atoms.